The summed E-state index contributed by atoms with van der Waals surface area (Å²) in [6.45, 7) is 7.96. The van der Waals surface area contributed by atoms with Crippen LogP contribution in [0.5, 0.6) is 0 Å². The van der Waals surface area contributed by atoms with Crippen molar-refractivity contribution < 1.29 is 0 Å². The molecular formula is C12H17BrN6. The summed E-state index contributed by atoms with van der Waals surface area (Å²) in [5.41, 5.74) is 7.80. The van der Waals surface area contributed by atoms with E-state index in [1.165, 1.54) is 0 Å². The average molecular weight is 325 g/mol. The van der Waals surface area contributed by atoms with Crippen molar-refractivity contribution in [2.45, 2.75) is 33.7 Å². The van der Waals surface area contributed by atoms with Crippen LogP contribution < -0.4 is 11.1 Å². The molecule has 2 aromatic heterocycles. The third-order valence-electron chi connectivity index (χ3n) is 2.49. The van der Waals surface area contributed by atoms with Gasteiger partial charge in [-0.25, -0.2) is 4.68 Å². The van der Waals surface area contributed by atoms with Crippen molar-refractivity contribution in [3.8, 4) is 5.95 Å². The van der Waals surface area contributed by atoms with Gasteiger partial charge in [-0.2, -0.15) is 15.1 Å². The quantitative estimate of drug-likeness (QED) is 0.906. The van der Waals surface area contributed by atoms with Gasteiger partial charge >= 0.3 is 0 Å². The first-order chi connectivity index (χ1) is 8.88. The van der Waals surface area contributed by atoms with E-state index in [1.54, 1.807) is 4.68 Å². The fourth-order valence-corrected chi connectivity index (χ4v) is 2.04. The normalized spacial score (nSPS) is 11.1. The molecule has 2 aromatic rings. The van der Waals surface area contributed by atoms with Gasteiger partial charge in [0.2, 0.25) is 0 Å². The Kier molecular flexibility index (Phi) is 3.75. The number of hydrogen-bond acceptors (Lipinski definition) is 5. The molecular weight excluding hydrogens is 308 g/mol. The van der Waals surface area contributed by atoms with E-state index < -0.39 is 0 Å². The van der Waals surface area contributed by atoms with Gasteiger partial charge in [-0.1, -0.05) is 0 Å². The SMILES string of the molecule is Cc1cc(C)n(-c2nc(N)c(Br)c(NC(C)C)n2)n1. The molecule has 19 heavy (non-hydrogen) atoms. The van der Waals surface area contributed by atoms with Crippen molar-refractivity contribution in [1.82, 2.24) is 19.7 Å². The minimum atomic E-state index is 0.249. The second-order valence-electron chi connectivity index (χ2n) is 4.71. The van der Waals surface area contributed by atoms with Crippen LogP contribution in [0, 0.1) is 13.8 Å². The van der Waals surface area contributed by atoms with Crippen LogP contribution >= 0.6 is 15.9 Å². The van der Waals surface area contributed by atoms with E-state index in [9.17, 15) is 0 Å². The second-order valence-corrected chi connectivity index (χ2v) is 5.50. The van der Waals surface area contributed by atoms with Gasteiger partial charge in [0.15, 0.2) is 0 Å². The molecule has 0 radical (unpaired) electrons. The van der Waals surface area contributed by atoms with E-state index >= 15 is 0 Å². The highest BCUT2D eigenvalue weighted by Gasteiger charge is 2.14. The highest BCUT2D eigenvalue weighted by atomic mass is 79.9. The zero-order chi connectivity index (χ0) is 14.2. The largest absolute Gasteiger partial charge is 0.383 e. The Labute approximate surface area is 120 Å². The van der Waals surface area contributed by atoms with Crippen molar-refractivity contribution in [2.75, 3.05) is 11.1 Å². The topological polar surface area (TPSA) is 81.7 Å². The molecule has 0 atom stereocenters. The monoisotopic (exact) mass is 324 g/mol. The van der Waals surface area contributed by atoms with Crippen molar-refractivity contribution in [1.29, 1.82) is 0 Å². The molecule has 0 aliphatic rings. The predicted molar refractivity (Wildman–Crippen MR) is 79.5 cm³/mol. The smallest absolute Gasteiger partial charge is 0.254 e. The molecule has 0 fully saturated rings. The molecule has 0 spiro atoms. The maximum Gasteiger partial charge on any atom is 0.254 e. The molecule has 0 unspecified atom stereocenters. The van der Waals surface area contributed by atoms with E-state index in [2.05, 4.69) is 36.3 Å². The summed E-state index contributed by atoms with van der Waals surface area (Å²) < 4.78 is 2.36. The van der Waals surface area contributed by atoms with Gasteiger partial charge in [0.05, 0.1) is 5.69 Å². The summed E-state index contributed by atoms with van der Waals surface area (Å²) in [6.07, 6.45) is 0. The summed E-state index contributed by atoms with van der Waals surface area (Å²) in [7, 11) is 0. The summed E-state index contributed by atoms with van der Waals surface area (Å²) in [4.78, 5) is 8.73. The molecule has 0 aromatic carbocycles. The number of rotatable bonds is 3. The zero-order valence-corrected chi connectivity index (χ0v) is 13.0. The Morgan fingerprint density at radius 3 is 2.53 bits per heavy atom. The lowest BCUT2D eigenvalue weighted by atomic mass is 10.4. The lowest BCUT2D eigenvalue weighted by molar-refractivity contribution is 0.771. The molecule has 2 heterocycles. The Morgan fingerprint density at radius 2 is 2.00 bits per heavy atom. The number of nitrogens with zero attached hydrogens (tertiary/aromatic N) is 4. The van der Waals surface area contributed by atoms with Crippen LogP contribution in [0.15, 0.2) is 10.5 Å². The van der Waals surface area contributed by atoms with Crippen LogP contribution in [0.3, 0.4) is 0 Å². The standard InChI is InChI=1S/C12H17BrN6/c1-6(2)15-11-9(13)10(14)16-12(17-11)19-8(4)5-7(3)18-19/h5-6H,1-4H3,(H3,14,15,16,17). The number of nitrogens with one attached hydrogen (secondary N) is 1. The summed E-state index contributed by atoms with van der Waals surface area (Å²) >= 11 is 3.40. The third-order valence-corrected chi connectivity index (χ3v) is 3.27. The fourth-order valence-electron chi connectivity index (χ4n) is 1.75. The van der Waals surface area contributed by atoms with Crippen LogP contribution in [0.1, 0.15) is 25.2 Å². The van der Waals surface area contributed by atoms with Crippen molar-refractivity contribution in [3.05, 3.63) is 21.9 Å². The molecule has 0 aliphatic carbocycles. The van der Waals surface area contributed by atoms with Gasteiger partial charge in [0, 0.05) is 11.7 Å². The van der Waals surface area contributed by atoms with E-state index in [0.717, 1.165) is 11.4 Å². The van der Waals surface area contributed by atoms with Crippen LogP contribution in [0.25, 0.3) is 5.95 Å². The number of halogens is 1. The first-order valence-corrected chi connectivity index (χ1v) is 6.81. The van der Waals surface area contributed by atoms with Crippen molar-refractivity contribution in [3.63, 3.8) is 0 Å². The number of aryl methyl sites for hydroxylation is 2. The highest BCUT2D eigenvalue weighted by Crippen LogP contribution is 2.27. The number of anilines is 2. The van der Waals surface area contributed by atoms with Gasteiger partial charge in [-0.3, -0.25) is 0 Å². The van der Waals surface area contributed by atoms with E-state index in [-0.39, 0.29) is 6.04 Å². The zero-order valence-electron chi connectivity index (χ0n) is 11.4. The minimum Gasteiger partial charge on any atom is -0.383 e. The maximum atomic E-state index is 5.91. The van der Waals surface area contributed by atoms with Crippen LogP contribution in [0.4, 0.5) is 11.6 Å². The highest BCUT2D eigenvalue weighted by molar-refractivity contribution is 9.10. The number of nitrogens with two attached hydrogens (primary N) is 1. The minimum absolute atomic E-state index is 0.249. The molecule has 0 bridgehead atoms. The fraction of sp³-hybridized carbons (Fsp3) is 0.417. The number of nitrogen functional groups attached to an aromatic ring is 1. The molecule has 0 aliphatic heterocycles. The Balaban J connectivity index is 2.53. The third kappa shape index (κ3) is 2.86. The predicted octanol–water partition coefficient (Wildman–Crippen LogP) is 2.44. The van der Waals surface area contributed by atoms with Crippen molar-refractivity contribution >= 4 is 27.6 Å². The van der Waals surface area contributed by atoms with Crippen LogP contribution in [-0.2, 0) is 0 Å². The van der Waals surface area contributed by atoms with Crippen molar-refractivity contribution in [2.24, 2.45) is 0 Å². The molecule has 7 heteroatoms. The Morgan fingerprint density at radius 1 is 1.32 bits per heavy atom. The number of hydrogen-bond donors (Lipinski definition) is 2. The summed E-state index contributed by atoms with van der Waals surface area (Å²) in [5, 5.41) is 7.60. The van der Waals surface area contributed by atoms with Gasteiger partial charge < -0.3 is 11.1 Å². The van der Waals surface area contributed by atoms with Gasteiger partial charge in [0.1, 0.15) is 16.1 Å². The summed E-state index contributed by atoms with van der Waals surface area (Å²) in [5.74, 6) is 1.53. The Hall–Kier alpha value is -1.63. The first kappa shape index (κ1) is 13.8. The molecule has 3 N–H and O–H groups in total. The Bertz CT molecular complexity index is 605. The molecule has 2 rings (SSSR count). The van der Waals surface area contributed by atoms with Gasteiger partial charge in [0.25, 0.3) is 5.95 Å². The molecule has 0 amide bonds. The number of aromatic nitrogens is 4. The van der Waals surface area contributed by atoms with Crippen LogP contribution in [-0.4, -0.2) is 25.8 Å². The van der Waals surface area contributed by atoms with E-state index in [4.69, 9.17) is 5.73 Å². The average Bonchev–Trinajstić information content (AvgIpc) is 2.63. The second kappa shape index (κ2) is 5.16. The lowest BCUT2D eigenvalue weighted by Gasteiger charge is -2.13. The maximum absolute atomic E-state index is 5.91. The van der Waals surface area contributed by atoms with Crippen LogP contribution in [0.2, 0.25) is 0 Å². The molecule has 6 nitrogen and oxygen atoms in total. The molecule has 0 saturated carbocycles. The van der Waals surface area contributed by atoms with Gasteiger partial charge in [-0.05, 0) is 49.7 Å². The first-order valence-electron chi connectivity index (χ1n) is 6.01. The van der Waals surface area contributed by atoms with Gasteiger partial charge in [-0.15, -0.1) is 0 Å². The molecule has 0 saturated heterocycles. The van der Waals surface area contributed by atoms with E-state index in [1.807, 2.05) is 33.8 Å². The summed E-state index contributed by atoms with van der Waals surface area (Å²) in [6, 6.07) is 2.22. The lowest BCUT2D eigenvalue weighted by Crippen LogP contribution is -2.15. The molecule has 102 valence electrons. The van der Waals surface area contributed by atoms with E-state index in [0.29, 0.717) is 22.1 Å².